The molecule has 5 unspecified atom stereocenters. The molecule has 14 heteroatoms. The minimum atomic E-state index is -1.35. The van der Waals surface area contributed by atoms with Crippen LogP contribution in [0.5, 0.6) is 0 Å². The van der Waals surface area contributed by atoms with Crippen LogP contribution in [0.4, 0.5) is 9.59 Å². The summed E-state index contributed by atoms with van der Waals surface area (Å²) in [4.78, 5) is 66.7. The second kappa shape index (κ2) is 19.9. The average molecular weight is 850 g/mol. The summed E-state index contributed by atoms with van der Waals surface area (Å²) in [5, 5.41) is 40.8. The highest BCUT2D eigenvalue weighted by molar-refractivity contribution is 5.89. The Bertz CT molecular complexity index is 2130. The molecule has 2 aromatic heterocycles. The van der Waals surface area contributed by atoms with Gasteiger partial charge in [-0.2, -0.15) is 0 Å². The lowest BCUT2D eigenvalue weighted by Crippen LogP contribution is -2.59. The summed E-state index contributed by atoms with van der Waals surface area (Å²) in [6.07, 6.45) is -0.289. The third-order valence-electron chi connectivity index (χ3n) is 11.0. The summed E-state index contributed by atoms with van der Waals surface area (Å²) in [7, 11) is 0. The van der Waals surface area contributed by atoms with Gasteiger partial charge in [0.15, 0.2) is 0 Å². The smallest absolute Gasteiger partial charge is 0.405 e. The molecule has 4 aromatic rings. The first-order valence-corrected chi connectivity index (χ1v) is 21.2. The van der Waals surface area contributed by atoms with Gasteiger partial charge < -0.3 is 41.1 Å². The lowest BCUT2D eigenvalue weighted by atomic mass is 9.84. The van der Waals surface area contributed by atoms with Crippen LogP contribution in [-0.4, -0.2) is 102 Å². The van der Waals surface area contributed by atoms with Gasteiger partial charge in [0.25, 0.3) is 0 Å². The zero-order chi connectivity index (χ0) is 45.4. The monoisotopic (exact) mass is 849 g/mol. The largest absolute Gasteiger partial charge is 0.465 e. The first-order chi connectivity index (χ1) is 29.1. The Morgan fingerprint density at radius 3 is 2.00 bits per heavy atom. The number of nitrogens with one attached hydrogen (secondary N) is 3. The number of urea groups is 1. The van der Waals surface area contributed by atoms with Gasteiger partial charge in [0, 0.05) is 30.9 Å². The molecule has 0 bridgehead atoms. The second-order valence-corrected chi connectivity index (χ2v) is 18.9. The molecule has 62 heavy (non-hydrogen) atoms. The molecule has 0 aliphatic carbocycles. The predicted octanol–water partition coefficient (Wildman–Crippen LogP) is 5.91. The number of hydrogen-bond donors (Lipinski definition) is 6. The highest BCUT2D eigenvalue weighted by Crippen LogP contribution is 2.30. The molecule has 1 aliphatic heterocycles. The van der Waals surface area contributed by atoms with Crippen molar-refractivity contribution in [2.45, 2.75) is 117 Å². The molecule has 0 radical (unpaired) electrons. The molecular formula is C48H63N7O7. The number of pyridine rings is 2. The highest BCUT2D eigenvalue weighted by atomic mass is 16.4. The lowest BCUT2D eigenvalue weighted by Gasteiger charge is -2.38. The minimum absolute atomic E-state index is 0.0181. The van der Waals surface area contributed by atoms with Crippen LogP contribution in [0.3, 0.4) is 0 Å². The molecule has 0 saturated carbocycles. The maximum Gasteiger partial charge on any atom is 0.405 e. The molecule has 2 aromatic carbocycles. The number of hydrogen-bond acceptors (Lipinski definition) is 8. The van der Waals surface area contributed by atoms with Crippen LogP contribution in [0, 0.1) is 10.8 Å². The lowest BCUT2D eigenvalue weighted by molar-refractivity contribution is -0.130. The predicted molar refractivity (Wildman–Crippen MR) is 238 cm³/mol. The number of carboxylic acid groups (broad SMARTS) is 1. The summed E-state index contributed by atoms with van der Waals surface area (Å²) < 4.78 is 0. The zero-order valence-corrected chi connectivity index (χ0v) is 37.1. The summed E-state index contributed by atoms with van der Waals surface area (Å²) in [5.41, 5.74) is 1.87. The average Bonchev–Trinajstić information content (AvgIpc) is 3.54. The van der Waals surface area contributed by atoms with E-state index < -0.39 is 58.7 Å². The van der Waals surface area contributed by atoms with E-state index in [1.807, 2.05) is 93.6 Å². The van der Waals surface area contributed by atoms with Gasteiger partial charge in [0.05, 0.1) is 35.8 Å². The Morgan fingerprint density at radius 2 is 1.40 bits per heavy atom. The molecule has 5 amide bonds. The number of carbonyl (C=O) groups is 4. The summed E-state index contributed by atoms with van der Waals surface area (Å²) >= 11 is 0. The minimum Gasteiger partial charge on any atom is -0.465 e. The molecule has 5 rings (SSSR count). The van der Waals surface area contributed by atoms with E-state index in [-0.39, 0.29) is 31.3 Å². The fourth-order valence-electron chi connectivity index (χ4n) is 7.87. The normalized spacial score (nSPS) is 15.9. The number of aliphatic hydroxyl groups is 2. The third-order valence-corrected chi connectivity index (χ3v) is 11.0. The number of amides is 5. The van der Waals surface area contributed by atoms with E-state index in [0.29, 0.717) is 30.9 Å². The van der Waals surface area contributed by atoms with E-state index in [9.17, 15) is 34.5 Å². The fourth-order valence-corrected chi connectivity index (χ4v) is 7.87. The Balaban J connectivity index is 1.41. The van der Waals surface area contributed by atoms with Crippen LogP contribution in [0.1, 0.15) is 84.3 Å². The van der Waals surface area contributed by atoms with Gasteiger partial charge in [-0.1, -0.05) is 108 Å². The van der Waals surface area contributed by atoms with Gasteiger partial charge in [-0.15, -0.1) is 0 Å². The van der Waals surface area contributed by atoms with Crippen LogP contribution in [0.25, 0.3) is 11.3 Å². The van der Waals surface area contributed by atoms with Crippen molar-refractivity contribution < 1.29 is 34.5 Å². The Hall–Kier alpha value is -5.86. The molecule has 332 valence electrons. The molecule has 3 heterocycles. The van der Waals surface area contributed by atoms with E-state index in [1.54, 1.807) is 68.8 Å². The van der Waals surface area contributed by atoms with Crippen molar-refractivity contribution in [3.05, 3.63) is 120 Å². The molecule has 5 atom stereocenters. The van der Waals surface area contributed by atoms with Crippen molar-refractivity contribution in [3.63, 3.8) is 0 Å². The van der Waals surface area contributed by atoms with Gasteiger partial charge in [-0.3, -0.25) is 19.6 Å². The number of benzene rings is 2. The van der Waals surface area contributed by atoms with E-state index in [0.717, 1.165) is 22.4 Å². The molecule has 14 nitrogen and oxygen atoms in total. The SMILES string of the molecule is CC(C)(O)c1cccc(CN2CCN(C(C(=O)NC(Cc3ccccc3)CC(O)C(Cc3ccc(-c4ccccn4)cc3)NC(=O)C(NC(=O)O)C(C)(C)C)C(C)(C)C)C2=O)n1. The summed E-state index contributed by atoms with van der Waals surface area (Å²) in [6, 6.07) is 24.3. The van der Waals surface area contributed by atoms with Crippen LogP contribution in [0.15, 0.2) is 97.2 Å². The number of carbonyl (C=O) groups excluding carboxylic acids is 3. The van der Waals surface area contributed by atoms with Gasteiger partial charge >= 0.3 is 12.1 Å². The van der Waals surface area contributed by atoms with Crippen molar-refractivity contribution in [2.75, 3.05) is 13.1 Å². The van der Waals surface area contributed by atoms with Crippen molar-refractivity contribution in [1.82, 2.24) is 35.7 Å². The van der Waals surface area contributed by atoms with Crippen LogP contribution in [0.2, 0.25) is 0 Å². The van der Waals surface area contributed by atoms with Crippen LogP contribution >= 0.6 is 0 Å². The highest BCUT2D eigenvalue weighted by Gasteiger charge is 2.44. The Kier molecular flexibility index (Phi) is 15.1. The van der Waals surface area contributed by atoms with Gasteiger partial charge in [0.1, 0.15) is 17.7 Å². The summed E-state index contributed by atoms with van der Waals surface area (Å²) in [6.45, 7) is 15.2. The molecule has 1 saturated heterocycles. The number of nitrogens with zero attached hydrogens (tertiary/aromatic N) is 4. The number of aliphatic hydroxyl groups excluding tert-OH is 1. The first kappa shape index (κ1) is 47.2. The van der Waals surface area contributed by atoms with E-state index in [2.05, 4.69) is 25.9 Å². The molecule has 0 spiro atoms. The van der Waals surface area contributed by atoms with E-state index in [1.165, 1.54) is 0 Å². The van der Waals surface area contributed by atoms with E-state index >= 15 is 0 Å². The van der Waals surface area contributed by atoms with Crippen molar-refractivity contribution in [3.8, 4) is 11.3 Å². The zero-order valence-electron chi connectivity index (χ0n) is 37.1. The maximum absolute atomic E-state index is 14.6. The van der Waals surface area contributed by atoms with Crippen LogP contribution < -0.4 is 16.0 Å². The maximum atomic E-state index is 14.6. The Morgan fingerprint density at radius 1 is 0.742 bits per heavy atom. The molecular weight excluding hydrogens is 787 g/mol. The fraction of sp³-hybridized carbons (Fsp3) is 0.458. The quantitative estimate of drug-likeness (QED) is 0.0748. The Labute approximate surface area is 365 Å². The third kappa shape index (κ3) is 12.8. The van der Waals surface area contributed by atoms with Crippen molar-refractivity contribution in [1.29, 1.82) is 0 Å². The van der Waals surface area contributed by atoms with Crippen LogP contribution in [-0.2, 0) is 34.6 Å². The van der Waals surface area contributed by atoms with Gasteiger partial charge in [0.2, 0.25) is 11.8 Å². The van der Waals surface area contributed by atoms with E-state index in [4.69, 9.17) is 0 Å². The number of aromatic nitrogens is 2. The first-order valence-electron chi connectivity index (χ1n) is 21.2. The standard InChI is InChI=1S/C48H63N7O7/c1-46(2,3)40(53-44(59)60)42(57)52-37(28-32-20-22-33(23-21-32)36-18-12-13-24-49-36)38(56)29-35(27-31-15-10-9-11-16-31)51-43(58)41(47(4,5)6)55-26-25-54(45(55)61)30-34-17-14-19-39(50-34)48(7,8)62/h9-24,35,37-38,40-41,53,56,62H,25-30H2,1-8H3,(H,51,58)(H,52,57)(H,59,60). The molecule has 6 N–H and O–H groups in total. The topological polar surface area (TPSA) is 197 Å². The van der Waals surface area contributed by atoms with Crippen molar-refractivity contribution in [2.24, 2.45) is 10.8 Å². The summed E-state index contributed by atoms with van der Waals surface area (Å²) in [5.74, 6) is -0.975. The van der Waals surface area contributed by atoms with Crippen molar-refractivity contribution >= 4 is 23.9 Å². The number of rotatable bonds is 17. The van der Waals surface area contributed by atoms with Gasteiger partial charge in [-0.05, 0) is 79.3 Å². The molecule has 1 fully saturated rings. The molecule has 1 aliphatic rings. The second-order valence-electron chi connectivity index (χ2n) is 18.9. The van der Waals surface area contributed by atoms with Gasteiger partial charge in [-0.25, -0.2) is 9.59 Å².